The molecule has 1 aromatic heterocycles. The van der Waals surface area contributed by atoms with Crippen molar-refractivity contribution in [3.8, 4) is 0 Å². The van der Waals surface area contributed by atoms with Crippen molar-refractivity contribution in [1.82, 2.24) is 10.3 Å². The Hall–Kier alpha value is -1.33. The number of aromatic nitrogens is 1. The molecule has 5 heteroatoms. The van der Waals surface area contributed by atoms with E-state index in [0.29, 0.717) is 24.1 Å². The molecule has 1 aromatic carbocycles. The molecule has 0 aliphatic carbocycles. The van der Waals surface area contributed by atoms with Gasteiger partial charge in [0.2, 0.25) is 5.91 Å². The van der Waals surface area contributed by atoms with Crippen LogP contribution in [0.2, 0.25) is 0 Å². The lowest BCUT2D eigenvalue weighted by molar-refractivity contribution is -0.118. The molecule has 0 saturated heterocycles. The molecule has 1 atom stereocenters. The number of hydrogen-bond acceptors (Lipinski definition) is 4. The SMILES string of the molecule is Cc1nc(CSCC(=O)NC[C@H](c2ccccc2)C(C)C)cs1. The van der Waals surface area contributed by atoms with Crippen LogP contribution in [0, 0.1) is 12.8 Å². The molecule has 2 rings (SSSR count). The van der Waals surface area contributed by atoms with Gasteiger partial charge in [-0.3, -0.25) is 4.79 Å². The van der Waals surface area contributed by atoms with E-state index in [0.717, 1.165) is 16.5 Å². The van der Waals surface area contributed by atoms with Gasteiger partial charge in [0.1, 0.15) is 0 Å². The first-order valence-corrected chi connectivity index (χ1v) is 9.90. The summed E-state index contributed by atoms with van der Waals surface area (Å²) in [5.74, 6) is 2.22. The first kappa shape index (κ1) is 18.0. The van der Waals surface area contributed by atoms with Crippen LogP contribution in [0.4, 0.5) is 0 Å². The van der Waals surface area contributed by atoms with Crippen molar-refractivity contribution in [3.05, 3.63) is 52.0 Å². The Morgan fingerprint density at radius 2 is 2.04 bits per heavy atom. The summed E-state index contributed by atoms with van der Waals surface area (Å²) in [6, 6.07) is 10.4. The zero-order valence-electron chi connectivity index (χ0n) is 13.9. The summed E-state index contributed by atoms with van der Waals surface area (Å²) in [6.07, 6.45) is 0. The van der Waals surface area contributed by atoms with Gasteiger partial charge in [-0.2, -0.15) is 0 Å². The van der Waals surface area contributed by atoms with Crippen molar-refractivity contribution in [1.29, 1.82) is 0 Å². The minimum absolute atomic E-state index is 0.100. The van der Waals surface area contributed by atoms with E-state index in [-0.39, 0.29) is 5.91 Å². The lowest BCUT2D eigenvalue weighted by Gasteiger charge is -2.21. The van der Waals surface area contributed by atoms with Gasteiger partial charge in [0.25, 0.3) is 0 Å². The summed E-state index contributed by atoms with van der Waals surface area (Å²) in [6.45, 7) is 7.09. The zero-order chi connectivity index (χ0) is 16.7. The van der Waals surface area contributed by atoms with Crippen molar-refractivity contribution in [2.75, 3.05) is 12.3 Å². The highest BCUT2D eigenvalue weighted by molar-refractivity contribution is 7.99. The van der Waals surface area contributed by atoms with Gasteiger partial charge in [0.05, 0.1) is 16.5 Å². The highest BCUT2D eigenvalue weighted by Gasteiger charge is 2.16. The predicted octanol–water partition coefficient (Wildman–Crippen LogP) is 4.24. The average Bonchev–Trinajstić information content (AvgIpc) is 2.94. The number of rotatable bonds is 8. The lowest BCUT2D eigenvalue weighted by atomic mass is 9.88. The van der Waals surface area contributed by atoms with Gasteiger partial charge in [-0.25, -0.2) is 4.98 Å². The second-order valence-corrected chi connectivity index (χ2v) is 7.96. The Morgan fingerprint density at radius 3 is 2.65 bits per heavy atom. The summed E-state index contributed by atoms with van der Waals surface area (Å²) in [5.41, 5.74) is 2.35. The van der Waals surface area contributed by atoms with Gasteiger partial charge in [-0.15, -0.1) is 23.1 Å². The normalized spacial score (nSPS) is 12.3. The van der Waals surface area contributed by atoms with E-state index in [1.165, 1.54) is 5.56 Å². The highest BCUT2D eigenvalue weighted by Crippen LogP contribution is 2.23. The smallest absolute Gasteiger partial charge is 0.230 e. The van der Waals surface area contributed by atoms with Crippen molar-refractivity contribution < 1.29 is 4.79 Å². The van der Waals surface area contributed by atoms with E-state index in [2.05, 4.69) is 53.8 Å². The topological polar surface area (TPSA) is 42.0 Å². The van der Waals surface area contributed by atoms with Crippen LogP contribution in [-0.4, -0.2) is 23.2 Å². The molecule has 1 heterocycles. The van der Waals surface area contributed by atoms with Crippen LogP contribution in [0.25, 0.3) is 0 Å². The third kappa shape index (κ3) is 5.99. The molecule has 1 N–H and O–H groups in total. The monoisotopic (exact) mass is 348 g/mol. The highest BCUT2D eigenvalue weighted by atomic mass is 32.2. The number of carbonyl (C=O) groups is 1. The second kappa shape index (κ2) is 9.08. The Kier molecular flexibility index (Phi) is 7.12. The number of nitrogens with one attached hydrogen (secondary N) is 1. The third-order valence-electron chi connectivity index (χ3n) is 3.70. The molecule has 0 aliphatic rings. The molecule has 0 aliphatic heterocycles. The molecule has 124 valence electrons. The Morgan fingerprint density at radius 1 is 1.30 bits per heavy atom. The zero-order valence-corrected chi connectivity index (χ0v) is 15.5. The number of thiazole rings is 1. The van der Waals surface area contributed by atoms with Crippen LogP contribution >= 0.6 is 23.1 Å². The van der Waals surface area contributed by atoms with Crippen molar-refractivity contribution >= 4 is 29.0 Å². The number of benzene rings is 1. The predicted molar refractivity (Wildman–Crippen MR) is 100 cm³/mol. The van der Waals surface area contributed by atoms with Crippen LogP contribution in [0.3, 0.4) is 0 Å². The van der Waals surface area contributed by atoms with Gasteiger partial charge in [0.15, 0.2) is 0 Å². The molecule has 2 aromatic rings. The molecule has 3 nitrogen and oxygen atoms in total. The van der Waals surface area contributed by atoms with E-state index >= 15 is 0 Å². The molecule has 0 saturated carbocycles. The van der Waals surface area contributed by atoms with Crippen LogP contribution in [0.1, 0.15) is 36.0 Å². The minimum atomic E-state index is 0.100. The van der Waals surface area contributed by atoms with E-state index in [1.807, 2.05) is 13.0 Å². The number of nitrogens with zero attached hydrogens (tertiary/aromatic N) is 1. The number of thioether (sulfide) groups is 1. The van der Waals surface area contributed by atoms with Gasteiger partial charge in [0, 0.05) is 23.6 Å². The summed E-state index contributed by atoms with van der Waals surface area (Å²) < 4.78 is 0. The quantitative estimate of drug-likeness (QED) is 0.776. The largest absolute Gasteiger partial charge is 0.355 e. The summed E-state index contributed by atoms with van der Waals surface area (Å²) in [4.78, 5) is 16.5. The van der Waals surface area contributed by atoms with Crippen molar-refractivity contribution in [2.45, 2.75) is 32.4 Å². The Labute approximate surface area is 146 Å². The number of carbonyl (C=O) groups excluding carboxylic acids is 1. The molecule has 1 amide bonds. The van der Waals surface area contributed by atoms with Gasteiger partial charge < -0.3 is 5.32 Å². The Balaban J connectivity index is 1.76. The molecular weight excluding hydrogens is 324 g/mol. The van der Waals surface area contributed by atoms with Gasteiger partial charge in [-0.05, 0) is 18.4 Å². The van der Waals surface area contributed by atoms with Crippen molar-refractivity contribution in [3.63, 3.8) is 0 Å². The Bertz CT molecular complexity index is 610. The summed E-state index contributed by atoms with van der Waals surface area (Å²) in [5, 5.41) is 6.21. The van der Waals surface area contributed by atoms with Gasteiger partial charge in [-0.1, -0.05) is 44.2 Å². The first-order valence-electron chi connectivity index (χ1n) is 7.86. The van der Waals surface area contributed by atoms with Crippen LogP contribution in [0.5, 0.6) is 0 Å². The maximum absolute atomic E-state index is 12.0. The fourth-order valence-electron chi connectivity index (χ4n) is 2.44. The van der Waals surface area contributed by atoms with E-state index in [4.69, 9.17) is 0 Å². The first-order chi connectivity index (χ1) is 11.1. The molecule has 0 bridgehead atoms. The van der Waals surface area contributed by atoms with E-state index in [9.17, 15) is 4.79 Å². The lowest BCUT2D eigenvalue weighted by Crippen LogP contribution is -2.31. The maximum Gasteiger partial charge on any atom is 0.230 e. The fraction of sp³-hybridized carbons (Fsp3) is 0.444. The molecular formula is C18H24N2OS2. The van der Waals surface area contributed by atoms with E-state index in [1.54, 1.807) is 23.1 Å². The minimum Gasteiger partial charge on any atom is -0.355 e. The summed E-state index contributed by atoms with van der Waals surface area (Å²) >= 11 is 3.27. The maximum atomic E-state index is 12.0. The fourth-order valence-corrected chi connectivity index (χ4v) is 3.90. The van der Waals surface area contributed by atoms with Gasteiger partial charge >= 0.3 is 0 Å². The molecule has 0 fully saturated rings. The molecule has 0 unspecified atom stereocenters. The third-order valence-corrected chi connectivity index (χ3v) is 5.49. The molecule has 0 spiro atoms. The average molecular weight is 349 g/mol. The number of aryl methyl sites for hydroxylation is 1. The molecule has 0 radical (unpaired) electrons. The molecule has 23 heavy (non-hydrogen) atoms. The standard InChI is InChI=1S/C18H24N2OS2/c1-13(2)17(15-7-5-4-6-8-15)9-19-18(21)12-22-10-16-11-23-14(3)20-16/h4-8,11,13,17H,9-10,12H2,1-3H3,(H,19,21)/t17-/m0/s1. The van der Waals surface area contributed by atoms with Crippen molar-refractivity contribution in [2.24, 2.45) is 5.92 Å². The van der Waals surface area contributed by atoms with Crippen LogP contribution < -0.4 is 5.32 Å². The second-order valence-electron chi connectivity index (χ2n) is 5.92. The number of hydrogen-bond donors (Lipinski definition) is 1. The van der Waals surface area contributed by atoms with Crippen LogP contribution in [0.15, 0.2) is 35.7 Å². The number of amides is 1. The van der Waals surface area contributed by atoms with Crippen LogP contribution in [-0.2, 0) is 10.5 Å². The summed E-state index contributed by atoms with van der Waals surface area (Å²) in [7, 11) is 0. The van der Waals surface area contributed by atoms with E-state index < -0.39 is 0 Å².